The molecule has 0 spiro atoms. The van der Waals surface area contributed by atoms with Crippen molar-refractivity contribution in [2.75, 3.05) is 19.8 Å². The van der Waals surface area contributed by atoms with Crippen LogP contribution in [0.2, 0.25) is 0 Å². The van der Waals surface area contributed by atoms with Gasteiger partial charge in [-0.05, 0) is 12.0 Å². The number of halogens is 3. The minimum atomic E-state index is -5.03. The Morgan fingerprint density at radius 1 is 1.22 bits per heavy atom. The van der Waals surface area contributed by atoms with Crippen LogP contribution in [0.3, 0.4) is 0 Å². The van der Waals surface area contributed by atoms with Crippen molar-refractivity contribution in [3.8, 4) is 5.75 Å². The molecule has 18 heavy (non-hydrogen) atoms. The Labute approximate surface area is 104 Å². The van der Waals surface area contributed by atoms with E-state index >= 15 is 0 Å². The van der Waals surface area contributed by atoms with E-state index < -0.39 is 12.4 Å². The minimum Gasteiger partial charge on any atom is -0.490 e. The van der Waals surface area contributed by atoms with E-state index in [9.17, 15) is 12.9 Å². The van der Waals surface area contributed by atoms with Gasteiger partial charge in [-0.2, -0.15) is 0 Å². The molecule has 3 nitrogen and oxygen atoms in total. The molecule has 0 aliphatic heterocycles. The van der Waals surface area contributed by atoms with E-state index in [-0.39, 0.29) is 12.4 Å². The molecular formula is C11H16BF3NO2-. The molecule has 102 valence electrons. The highest BCUT2D eigenvalue weighted by molar-refractivity contribution is 6.73. The van der Waals surface area contributed by atoms with Crippen molar-refractivity contribution in [2.24, 2.45) is 5.92 Å². The predicted molar refractivity (Wildman–Crippen MR) is 64.1 cm³/mol. The highest BCUT2D eigenvalue weighted by atomic mass is 19.4. The number of aromatic nitrogens is 1. The minimum absolute atomic E-state index is 0.111. The first-order chi connectivity index (χ1) is 8.39. The van der Waals surface area contributed by atoms with E-state index in [0.717, 1.165) is 12.3 Å². The van der Waals surface area contributed by atoms with E-state index in [1.54, 1.807) is 0 Å². The maximum absolute atomic E-state index is 12.4. The SMILES string of the molecule is CC(C)COCCOc1cncc([B-](F)(F)F)c1. The summed E-state index contributed by atoms with van der Waals surface area (Å²) in [4.78, 5) is 3.51. The first kappa shape index (κ1) is 14.8. The molecule has 1 rings (SSSR count). The zero-order valence-corrected chi connectivity index (χ0v) is 10.4. The van der Waals surface area contributed by atoms with Crippen LogP contribution in [0, 0.1) is 5.92 Å². The summed E-state index contributed by atoms with van der Waals surface area (Å²) in [5.74, 6) is 0.530. The van der Waals surface area contributed by atoms with Gasteiger partial charge >= 0.3 is 6.98 Å². The Morgan fingerprint density at radius 3 is 2.56 bits per heavy atom. The molecule has 7 heteroatoms. The average Bonchev–Trinajstić information content (AvgIpc) is 2.27. The number of rotatable bonds is 7. The molecule has 0 amide bonds. The quantitative estimate of drug-likeness (QED) is 0.557. The van der Waals surface area contributed by atoms with E-state index in [1.807, 2.05) is 13.8 Å². The summed E-state index contributed by atoms with van der Waals surface area (Å²) >= 11 is 0. The van der Waals surface area contributed by atoms with E-state index in [1.165, 1.54) is 6.20 Å². The molecule has 0 saturated carbocycles. The first-order valence-corrected chi connectivity index (χ1v) is 5.75. The highest BCUT2D eigenvalue weighted by Gasteiger charge is 2.26. The monoisotopic (exact) mass is 262 g/mol. The van der Waals surface area contributed by atoms with Crippen molar-refractivity contribution < 1.29 is 22.4 Å². The van der Waals surface area contributed by atoms with Gasteiger partial charge in [0.15, 0.2) is 0 Å². The lowest BCUT2D eigenvalue weighted by Crippen LogP contribution is -2.34. The molecule has 1 aromatic rings. The fourth-order valence-corrected chi connectivity index (χ4v) is 1.23. The second-order valence-electron chi connectivity index (χ2n) is 4.35. The number of ether oxygens (including phenoxy) is 2. The second-order valence-corrected chi connectivity index (χ2v) is 4.35. The van der Waals surface area contributed by atoms with Gasteiger partial charge in [0.2, 0.25) is 0 Å². The van der Waals surface area contributed by atoms with Crippen LogP contribution in [0.15, 0.2) is 18.5 Å². The van der Waals surface area contributed by atoms with Crippen LogP contribution in [0.4, 0.5) is 12.9 Å². The molecule has 0 aliphatic rings. The van der Waals surface area contributed by atoms with Gasteiger partial charge in [0, 0.05) is 12.8 Å². The Bertz CT molecular complexity index is 372. The van der Waals surface area contributed by atoms with Gasteiger partial charge in [0.05, 0.1) is 12.8 Å². The Morgan fingerprint density at radius 2 is 1.94 bits per heavy atom. The normalized spacial score (nSPS) is 11.9. The maximum atomic E-state index is 12.4. The third-order valence-corrected chi connectivity index (χ3v) is 2.06. The summed E-state index contributed by atoms with van der Waals surface area (Å²) in [5.41, 5.74) is -0.754. The molecular weight excluding hydrogens is 246 g/mol. The fourth-order valence-electron chi connectivity index (χ4n) is 1.23. The van der Waals surface area contributed by atoms with Crippen molar-refractivity contribution in [3.63, 3.8) is 0 Å². The summed E-state index contributed by atoms with van der Waals surface area (Å²) in [6, 6.07) is 0.954. The molecule has 0 radical (unpaired) electrons. The van der Waals surface area contributed by atoms with E-state index in [4.69, 9.17) is 9.47 Å². The molecule has 0 atom stereocenters. The lowest BCUT2D eigenvalue weighted by atomic mass is 9.81. The lowest BCUT2D eigenvalue weighted by Gasteiger charge is -2.15. The summed E-state index contributed by atoms with van der Waals surface area (Å²) in [6.45, 7) is 0.155. The van der Waals surface area contributed by atoms with Crippen molar-refractivity contribution in [1.29, 1.82) is 0 Å². The van der Waals surface area contributed by atoms with Gasteiger partial charge in [-0.1, -0.05) is 19.3 Å². The van der Waals surface area contributed by atoms with Crippen LogP contribution < -0.4 is 10.2 Å². The number of hydrogen-bond donors (Lipinski definition) is 0. The van der Waals surface area contributed by atoms with Crippen LogP contribution in [0.5, 0.6) is 5.75 Å². The molecule has 1 aromatic heterocycles. The van der Waals surface area contributed by atoms with Crippen LogP contribution >= 0.6 is 0 Å². The topological polar surface area (TPSA) is 31.4 Å². The summed E-state index contributed by atoms with van der Waals surface area (Å²) < 4.78 is 47.7. The molecule has 0 aliphatic carbocycles. The smallest absolute Gasteiger partial charge is 0.490 e. The molecule has 0 N–H and O–H groups in total. The predicted octanol–water partition coefficient (Wildman–Crippen LogP) is 2.19. The molecule has 0 bridgehead atoms. The van der Waals surface area contributed by atoms with E-state index in [2.05, 4.69) is 4.98 Å². The van der Waals surface area contributed by atoms with Gasteiger partial charge in [-0.15, -0.1) is 0 Å². The zero-order valence-electron chi connectivity index (χ0n) is 10.4. The van der Waals surface area contributed by atoms with Crippen LogP contribution in [0.1, 0.15) is 13.8 Å². The van der Waals surface area contributed by atoms with Crippen molar-refractivity contribution >= 4 is 12.4 Å². The summed E-state index contributed by atoms with van der Waals surface area (Å²) in [7, 11) is 0. The number of nitrogens with zero attached hydrogens (tertiary/aromatic N) is 1. The molecule has 0 fully saturated rings. The summed E-state index contributed by atoms with van der Waals surface area (Å²) in [6.07, 6.45) is 2.05. The van der Waals surface area contributed by atoms with Crippen molar-refractivity contribution in [1.82, 2.24) is 4.98 Å². The Balaban J connectivity index is 2.39. The Kier molecular flexibility index (Phi) is 5.46. The van der Waals surface area contributed by atoms with Gasteiger partial charge in [-0.3, -0.25) is 4.98 Å². The van der Waals surface area contributed by atoms with Crippen molar-refractivity contribution in [2.45, 2.75) is 13.8 Å². The fraction of sp³-hybridized carbons (Fsp3) is 0.545. The zero-order chi connectivity index (χ0) is 13.6. The van der Waals surface area contributed by atoms with Gasteiger partial charge in [-0.25, -0.2) is 0 Å². The number of pyridine rings is 1. The second kappa shape index (κ2) is 6.63. The van der Waals surface area contributed by atoms with Crippen LogP contribution in [-0.4, -0.2) is 31.8 Å². The van der Waals surface area contributed by atoms with Crippen LogP contribution in [-0.2, 0) is 4.74 Å². The first-order valence-electron chi connectivity index (χ1n) is 5.75. The lowest BCUT2D eigenvalue weighted by molar-refractivity contribution is 0.0818. The molecule has 0 unspecified atom stereocenters. The average molecular weight is 262 g/mol. The standard InChI is InChI=1S/C11H16BF3NO2/c1-9(2)8-17-3-4-18-11-5-10(6-16-7-11)12(13,14)15/h5-7,9H,3-4,8H2,1-2H3/q-1. The van der Waals surface area contributed by atoms with Gasteiger partial charge in [0.25, 0.3) is 0 Å². The third kappa shape index (κ3) is 5.40. The third-order valence-electron chi connectivity index (χ3n) is 2.06. The summed E-state index contributed by atoms with van der Waals surface area (Å²) in [5, 5.41) is 0. The van der Waals surface area contributed by atoms with Crippen LogP contribution in [0.25, 0.3) is 0 Å². The van der Waals surface area contributed by atoms with Gasteiger partial charge < -0.3 is 22.4 Å². The molecule has 1 heterocycles. The molecule has 0 aromatic carbocycles. The maximum Gasteiger partial charge on any atom is 0.511 e. The molecule has 0 saturated heterocycles. The highest BCUT2D eigenvalue weighted by Crippen LogP contribution is 2.12. The van der Waals surface area contributed by atoms with Gasteiger partial charge in [0.1, 0.15) is 12.4 Å². The van der Waals surface area contributed by atoms with E-state index in [0.29, 0.717) is 19.1 Å². The largest absolute Gasteiger partial charge is 0.511 e. The number of hydrogen-bond acceptors (Lipinski definition) is 3. The Hall–Kier alpha value is -1.24. The van der Waals surface area contributed by atoms with Crippen molar-refractivity contribution in [3.05, 3.63) is 18.5 Å².